The summed E-state index contributed by atoms with van der Waals surface area (Å²) in [5, 5.41) is 5.50. The molecule has 0 saturated carbocycles. The minimum absolute atomic E-state index is 0.225. The molecule has 0 radical (unpaired) electrons. The van der Waals surface area contributed by atoms with E-state index < -0.39 is 73.3 Å². The maximum atomic E-state index is 13.7. The van der Waals surface area contributed by atoms with Gasteiger partial charge in [0.25, 0.3) is 0 Å². The zero-order chi connectivity index (χ0) is 60.9. The number of hydrogen-bond acceptors (Lipinski definition) is 12. The molecule has 15 nitrogen and oxygen atoms in total. The fraction of sp³-hybridized carbons (Fsp3) is 0.897. The fourth-order valence-corrected chi connectivity index (χ4v) is 10.3. The van der Waals surface area contributed by atoms with Crippen molar-refractivity contribution in [2.45, 2.75) is 348 Å². The zero-order valence-electron chi connectivity index (χ0n) is 54.1. The summed E-state index contributed by atoms with van der Waals surface area (Å²) in [6.45, 7) is 6.24. The van der Waals surface area contributed by atoms with Crippen molar-refractivity contribution >= 4 is 41.6 Å². The van der Waals surface area contributed by atoms with Crippen molar-refractivity contribution in [2.24, 2.45) is 5.73 Å². The summed E-state index contributed by atoms with van der Waals surface area (Å²) < 4.78 is 22.4. The van der Waals surface area contributed by atoms with E-state index in [4.69, 9.17) is 24.7 Å². The zero-order valence-corrected chi connectivity index (χ0v) is 54.1. The second-order valence-electron chi connectivity index (χ2n) is 23.9. The lowest BCUT2D eigenvalue weighted by atomic mass is 10.1. The number of nitrogens with two attached hydrogens (primary N) is 1. The van der Waals surface area contributed by atoms with Crippen LogP contribution in [0, 0.1) is 0 Å². The molecular formula is C68H128N4O11. The van der Waals surface area contributed by atoms with Gasteiger partial charge in [-0.25, -0.2) is 0 Å². The molecule has 0 heterocycles. The first-order chi connectivity index (χ1) is 40.5. The molecule has 4 N–H and O–H groups in total. The molecule has 0 saturated heterocycles. The number of rotatable bonds is 63. The average Bonchev–Trinajstić information content (AvgIpc) is 3.50. The van der Waals surface area contributed by atoms with Gasteiger partial charge in [-0.15, -0.1) is 0 Å². The van der Waals surface area contributed by atoms with Crippen molar-refractivity contribution < 1.29 is 52.5 Å². The van der Waals surface area contributed by atoms with E-state index in [1.165, 1.54) is 180 Å². The Balaban J connectivity index is 5.58. The van der Waals surface area contributed by atoms with Gasteiger partial charge in [0.2, 0.25) is 17.7 Å². The van der Waals surface area contributed by atoms with Crippen molar-refractivity contribution in [3.63, 3.8) is 0 Å². The average molecular weight is 1180 g/mol. The number of esters is 4. The van der Waals surface area contributed by atoms with Crippen LogP contribution in [0.2, 0.25) is 0 Å². The molecule has 0 aromatic heterocycles. The molecule has 486 valence electrons. The maximum Gasteiger partial charge on any atom is 0.305 e. The molecule has 3 amide bonds. The number of hydrogen-bond donors (Lipinski definition) is 3. The molecule has 0 aromatic rings. The molecule has 0 aliphatic rings. The Morgan fingerprint density at radius 2 is 0.482 bits per heavy atom. The quantitative estimate of drug-likeness (QED) is 0.0295. The van der Waals surface area contributed by atoms with Gasteiger partial charge in [-0.3, -0.25) is 33.6 Å². The molecule has 0 aliphatic carbocycles. The van der Waals surface area contributed by atoms with Gasteiger partial charge >= 0.3 is 23.9 Å². The first-order valence-corrected chi connectivity index (χ1v) is 34.7. The number of unbranched alkanes of at least 4 members (excludes halogenated alkanes) is 40. The minimum atomic E-state index is -0.919. The predicted molar refractivity (Wildman–Crippen MR) is 338 cm³/mol. The second kappa shape index (κ2) is 61.3. The molecule has 0 spiro atoms. The minimum Gasteiger partial charge on any atom is -0.463 e. The number of carbonyl (C=O) groups excluding carboxylic acids is 7. The standard InChI is InChI=1S/C68H128N4O11/c1-5-9-13-17-21-25-29-33-37-41-45-49-65(76)80-56-60(57-81-66(77)50-46-42-38-34-30-26-22-18-14-10-6-2)70-62(73)54-72(64(75)53-69)55-63(74)71-61(58-82-67(78)51-47-43-39-35-31-27-23-19-15-11-7-3)59-83-68(79)52-48-44-40-36-32-28-24-20-16-12-8-4/h60-61H,5-59,69H2,1-4H3,(H,70,73)(H,71,74). The number of carbonyl (C=O) groups is 7. The number of nitrogens with zero attached hydrogens (tertiary/aromatic N) is 1. The van der Waals surface area contributed by atoms with Crippen LogP contribution in [0.1, 0.15) is 336 Å². The Bertz CT molecular complexity index is 1380. The van der Waals surface area contributed by atoms with Crippen LogP contribution in [0.5, 0.6) is 0 Å². The Hall–Kier alpha value is -3.75. The van der Waals surface area contributed by atoms with Gasteiger partial charge in [0, 0.05) is 25.7 Å². The third-order valence-electron chi connectivity index (χ3n) is 15.6. The Morgan fingerprint density at radius 3 is 0.663 bits per heavy atom. The second-order valence-corrected chi connectivity index (χ2v) is 23.9. The highest BCUT2D eigenvalue weighted by atomic mass is 16.6. The third-order valence-corrected chi connectivity index (χ3v) is 15.6. The lowest BCUT2D eigenvalue weighted by Crippen LogP contribution is -2.52. The van der Waals surface area contributed by atoms with Gasteiger partial charge in [-0.2, -0.15) is 0 Å². The van der Waals surface area contributed by atoms with Crippen LogP contribution >= 0.6 is 0 Å². The molecular weight excluding hydrogens is 1050 g/mol. The number of nitrogens with one attached hydrogen (secondary N) is 2. The molecule has 0 aromatic carbocycles. The van der Waals surface area contributed by atoms with Gasteiger partial charge in [0.1, 0.15) is 39.5 Å². The monoisotopic (exact) mass is 1180 g/mol. The van der Waals surface area contributed by atoms with Crippen molar-refractivity contribution in [3.8, 4) is 0 Å². The first-order valence-electron chi connectivity index (χ1n) is 34.7. The number of ether oxygens (including phenoxy) is 4. The van der Waals surface area contributed by atoms with Crippen LogP contribution in [-0.4, -0.2) is 105 Å². The van der Waals surface area contributed by atoms with E-state index in [0.29, 0.717) is 25.7 Å². The van der Waals surface area contributed by atoms with Gasteiger partial charge in [-0.1, -0.05) is 285 Å². The SMILES string of the molecule is CCCCCCCCCCCCCC(=O)OCC(COC(=O)CCCCCCCCCCCCC)NC(=O)CN(CC(=O)NC(COC(=O)CCCCCCCCCCCCC)COC(=O)CCCCCCCCCCCCC)C(=O)CN. The molecule has 0 aliphatic heterocycles. The van der Waals surface area contributed by atoms with Crippen LogP contribution in [0.4, 0.5) is 0 Å². The van der Waals surface area contributed by atoms with Gasteiger partial charge in [-0.05, 0) is 25.7 Å². The highest BCUT2D eigenvalue weighted by Crippen LogP contribution is 2.17. The van der Waals surface area contributed by atoms with Crippen molar-refractivity contribution in [2.75, 3.05) is 46.1 Å². The largest absolute Gasteiger partial charge is 0.463 e. The molecule has 15 heteroatoms. The summed E-state index contributed by atoms with van der Waals surface area (Å²) in [6, 6.07) is -1.84. The van der Waals surface area contributed by atoms with E-state index in [2.05, 4.69) is 38.3 Å². The van der Waals surface area contributed by atoms with Crippen LogP contribution in [0.15, 0.2) is 0 Å². The van der Waals surface area contributed by atoms with Crippen LogP contribution in [0.25, 0.3) is 0 Å². The van der Waals surface area contributed by atoms with E-state index in [1.54, 1.807) is 0 Å². The van der Waals surface area contributed by atoms with Crippen molar-refractivity contribution in [3.05, 3.63) is 0 Å². The first kappa shape index (κ1) is 79.2. The fourth-order valence-electron chi connectivity index (χ4n) is 10.3. The van der Waals surface area contributed by atoms with Gasteiger partial charge < -0.3 is 40.2 Å². The summed E-state index contributed by atoms with van der Waals surface area (Å²) >= 11 is 0. The van der Waals surface area contributed by atoms with Crippen LogP contribution < -0.4 is 16.4 Å². The normalized spacial score (nSPS) is 11.3. The Kier molecular flexibility index (Phi) is 58.6. The third kappa shape index (κ3) is 55.9. The molecule has 0 bridgehead atoms. The van der Waals surface area contributed by atoms with E-state index in [0.717, 1.165) is 81.9 Å². The highest BCUT2D eigenvalue weighted by molar-refractivity contribution is 5.90. The summed E-state index contributed by atoms with van der Waals surface area (Å²) in [6.07, 6.45) is 51.4. The van der Waals surface area contributed by atoms with E-state index in [9.17, 15) is 33.6 Å². The van der Waals surface area contributed by atoms with E-state index >= 15 is 0 Å². The van der Waals surface area contributed by atoms with Crippen molar-refractivity contribution in [1.29, 1.82) is 0 Å². The molecule has 83 heavy (non-hydrogen) atoms. The summed E-state index contributed by atoms with van der Waals surface area (Å²) in [7, 11) is 0. The molecule has 0 rings (SSSR count). The van der Waals surface area contributed by atoms with E-state index in [-0.39, 0.29) is 52.1 Å². The molecule has 0 fully saturated rings. The number of amides is 3. The summed E-state index contributed by atoms with van der Waals surface area (Å²) in [5.41, 5.74) is 5.77. The highest BCUT2D eigenvalue weighted by Gasteiger charge is 2.25. The summed E-state index contributed by atoms with van der Waals surface area (Å²) in [4.78, 5) is 93.1. The Morgan fingerprint density at radius 1 is 0.301 bits per heavy atom. The smallest absolute Gasteiger partial charge is 0.305 e. The Labute approximate surface area is 507 Å². The van der Waals surface area contributed by atoms with E-state index in [1.807, 2.05) is 0 Å². The predicted octanol–water partition coefficient (Wildman–Crippen LogP) is 15.7. The lowest BCUT2D eigenvalue weighted by molar-refractivity contribution is -0.150. The maximum absolute atomic E-state index is 13.7. The van der Waals surface area contributed by atoms with Crippen molar-refractivity contribution in [1.82, 2.24) is 15.5 Å². The van der Waals surface area contributed by atoms with Crippen LogP contribution in [0.3, 0.4) is 0 Å². The summed E-state index contributed by atoms with van der Waals surface area (Å²) in [5.74, 6) is -3.72. The van der Waals surface area contributed by atoms with Crippen LogP contribution in [-0.2, 0) is 52.5 Å². The molecule has 0 unspecified atom stereocenters. The molecule has 0 atom stereocenters. The lowest BCUT2D eigenvalue weighted by Gasteiger charge is -2.25. The topological polar surface area (TPSA) is 210 Å². The van der Waals surface area contributed by atoms with Gasteiger partial charge in [0.15, 0.2) is 0 Å². The van der Waals surface area contributed by atoms with Gasteiger partial charge in [0.05, 0.1) is 18.6 Å².